The van der Waals surface area contributed by atoms with Crippen LogP contribution in [-0.2, 0) is 0 Å². The normalized spacial score (nSPS) is 10.2. The van der Waals surface area contributed by atoms with Gasteiger partial charge in [-0.3, -0.25) is 4.79 Å². The SMILES string of the molecule is Cc1cccnc1NC(=O)c1cc(Cl)nc(Cl)c1. The zero-order valence-corrected chi connectivity index (χ0v) is 11.0. The minimum Gasteiger partial charge on any atom is -0.306 e. The van der Waals surface area contributed by atoms with Gasteiger partial charge in [0.25, 0.3) is 5.91 Å². The van der Waals surface area contributed by atoms with Crippen molar-refractivity contribution in [2.24, 2.45) is 0 Å². The summed E-state index contributed by atoms with van der Waals surface area (Å²) in [5, 5.41) is 3.03. The van der Waals surface area contributed by atoms with Crippen molar-refractivity contribution in [3.8, 4) is 0 Å². The lowest BCUT2D eigenvalue weighted by molar-refractivity contribution is 0.102. The molecule has 92 valence electrons. The van der Waals surface area contributed by atoms with E-state index in [2.05, 4.69) is 15.3 Å². The van der Waals surface area contributed by atoms with Gasteiger partial charge < -0.3 is 5.32 Å². The first kappa shape index (κ1) is 12.8. The lowest BCUT2D eigenvalue weighted by atomic mass is 10.2. The third kappa shape index (κ3) is 2.97. The molecule has 0 aliphatic carbocycles. The Balaban J connectivity index is 2.25. The van der Waals surface area contributed by atoms with E-state index in [1.807, 2.05) is 13.0 Å². The number of nitrogens with zero attached hydrogens (tertiary/aromatic N) is 2. The summed E-state index contributed by atoms with van der Waals surface area (Å²) in [6.45, 7) is 1.86. The summed E-state index contributed by atoms with van der Waals surface area (Å²) in [6.07, 6.45) is 1.61. The monoisotopic (exact) mass is 281 g/mol. The maximum Gasteiger partial charge on any atom is 0.257 e. The number of nitrogens with one attached hydrogen (secondary N) is 1. The molecule has 0 fully saturated rings. The third-order valence-electron chi connectivity index (χ3n) is 2.27. The third-order valence-corrected chi connectivity index (χ3v) is 2.65. The predicted molar refractivity (Wildman–Crippen MR) is 71.2 cm³/mol. The van der Waals surface area contributed by atoms with Crippen molar-refractivity contribution in [1.29, 1.82) is 0 Å². The minimum atomic E-state index is -0.331. The van der Waals surface area contributed by atoms with Crippen LogP contribution in [0.1, 0.15) is 15.9 Å². The van der Waals surface area contributed by atoms with Crippen LogP contribution in [0.15, 0.2) is 30.5 Å². The fourth-order valence-electron chi connectivity index (χ4n) is 1.39. The quantitative estimate of drug-likeness (QED) is 0.859. The largest absolute Gasteiger partial charge is 0.306 e. The molecule has 2 aromatic heterocycles. The number of hydrogen-bond acceptors (Lipinski definition) is 3. The number of pyridine rings is 2. The fourth-order valence-corrected chi connectivity index (χ4v) is 1.85. The molecule has 2 heterocycles. The molecule has 0 spiro atoms. The van der Waals surface area contributed by atoms with Crippen LogP contribution in [0.25, 0.3) is 0 Å². The molecule has 0 atom stereocenters. The van der Waals surface area contributed by atoms with Crippen molar-refractivity contribution in [2.75, 3.05) is 5.32 Å². The molecule has 0 aliphatic rings. The molecule has 1 amide bonds. The van der Waals surface area contributed by atoms with E-state index in [0.717, 1.165) is 5.56 Å². The summed E-state index contributed by atoms with van der Waals surface area (Å²) in [5.74, 6) is 0.176. The van der Waals surface area contributed by atoms with Gasteiger partial charge in [0.2, 0.25) is 0 Å². The molecule has 0 aromatic carbocycles. The summed E-state index contributed by atoms with van der Waals surface area (Å²) >= 11 is 11.5. The number of amides is 1. The average molecular weight is 282 g/mol. The predicted octanol–water partition coefficient (Wildman–Crippen LogP) is 3.34. The van der Waals surface area contributed by atoms with Gasteiger partial charge in [-0.2, -0.15) is 0 Å². The fraction of sp³-hybridized carbons (Fsp3) is 0.0833. The Morgan fingerprint density at radius 3 is 2.56 bits per heavy atom. The van der Waals surface area contributed by atoms with E-state index in [-0.39, 0.29) is 16.2 Å². The molecular weight excluding hydrogens is 273 g/mol. The van der Waals surface area contributed by atoms with Crippen molar-refractivity contribution in [3.63, 3.8) is 0 Å². The molecular formula is C12H9Cl2N3O. The van der Waals surface area contributed by atoms with Crippen LogP contribution in [0.2, 0.25) is 10.3 Å². The molecule has 0 bridgehead atoms. The summed E-state index contributed by atoms with van der Waals surface area (Å²) in [7, 11) is 0. The molecule has 0 saturated heterocycles. The number of aromatic nitrogens is 2. The van der Waals surface area contributed by atoms with E-state index in [1.165, 1.54) is 12.1 Å². The second kappa shape index (κ2) is 5.33. The summed E-state index contributed by atoms with van der Waals surface area (Å²) < 4.78 is 0. The Kier molecular flexibility index (Phi) is 3.79. The van der Waals surface area contributed by atoms with Crippen LogP contribution in [0, 0.1) is 6.92 Å². The number of carbonyl (C=O) groups is 1. The van der Waals surface area contributed by atoms with Gasteiger partial charge in [-0.05, 0) is 30.7 Å². The molecule has 6 heteroatoms. The van der Waals surface area contributed by atoms with Crippen LogP contribution in [0.4, 0.5) is 5.82 Å². The van der Waals surface area contributed by atoms with Gasteiger partial charge in [0.15, 0.2) is 0 Å². The Bertz CT molecular complexity index is 581. The molecule has 0 unspecified atom stereocenters. The molecule has 2 rings (SSSR count). The highest BCUT2D eigenvalue weighted by molar-refractivity contribution is 6.33. The minimum absolute atomic E-state index is 0.172. The highest BCUT2D eigenvalue weighted by Crippen LogP contribution is 2.16. The van der Waals surface area contributed by atoms with Crippen molar-refractivity contribution in [1.82, 2.24) is 9.97 Å². The van der Waals surface area contributed by atoms with Crippen molar-refractivity contribution in [3.05, 3.63) is 51.9 Å². The Labute approximate surface area is 114 Å². The first-order valence-corrected chi connectivity index (χ1v) is 5.88. The molecule has 1 N–H and O–H groups in total. The summed E-state index contributed by atoms with van der Waals surface area (Å²) in [5.41, 5.74) is 1.21. The first-order valence-electron chi connectivity index (χ1n) is 5.12. The van der Waals surface area contributed by atoms with Gasteiger partial charge >= 0.3 is 0 Å². The molecule has 4 nitrogen and oxygen atoms in total. The van der Waals surface area contributed by atoms with Crippen LogP contribution >= 0.6 is 23.2 Å². The van der Waals surface area contributed by atoms with Gasteiger partial charge in [-0.15, -0.1) is 0 Å². The van der Waals surface area contributed by atoms with Crippen LogP contribution in [0.3, 0.4) is 0 Å². The summed E-state index contributed by atoms with van der Waals surface area (Å²) in [6, 6.07) is 6.54. The van der Waals surface area contributed by atoms with Crippen LogP contribution in [0.5, 0.6) is 0 Å². The van der Waals surface area contributed by atoms with Gasteiger partial charge in [-0.25, -0.2) is 9.97 Å². The van der Waals surface area contributed by atoms with E-state index in [1.54, 1.807) is 12.3 Å². The number of carbonyl (C=O) groups excluding carboxylic acids is 1. The van der Waals surface area contributed by atoms with Gasteiger partial charge in [-0.1, -0.05) is 29.3 Å². The van der Waals surface area contributed by atoms with Crippen LogP contribution < -0.4 is 5.32 Å². The van der Waals surface area contributed by atoms with Gasteiger partial charge in [0, 0.05) is 11.8 Å². The smallest absolute Gasteiger partial charge is 0.257 e. The molecule has 2 aromatic rings. The van der Waals surface area contributed by atoms with Gasteiger partial charge in [0.1, 0.15) is 16.1 Å². The molecule has 0 radical (unpaired) electrons. The van der Waals surface area contributed by atoms with Crippen LogP contribution in [-0.4, -0.2) is 15.9 Å². The zero-order valence-electron chi connectivity index (χ0n) is 9.45. The highest BCUT2D eigenvalue weighted by atomic mass is 35.5. The van der Waals surface area contributed by atoms with E-state index >= 15 is 0 Å². The first-order chi connectivity index (χ1) is 8.56. The molecule has 18 heavy (non-hydrogen) atoms. The molecule has 0 aliphatic heterocycles. The van der Waals surface area contributed by atoms with E-state index in [9.17, 15) is 4.79 Å². The van der Waals surface area contributed by atoms with E-state index in [0.29, 0.717) is 11.4 Å². The maximum absolute atomic E-state index is 12.0. The van der Waals surface area contributed by atoms with E-state index < -0.39 is 0 Å². The lowest BCUT2D eigenvalue weighted by Crippen LogP contribution is -2.14. The summed E-state index contributed by atoms with van der Waals surface area (Å²) in [4.78, 5) is 19.8. The number of halogens is 2. The maximum atomic E-state index is 12.0. The number of hydrogen-bond donors (Lipinski definition) is 1. The van der Waals surface area contributed by atoms with Gasteiger partial charge in [0.05, 0.1) is 0 Å². The lowest BCUT2D eigenvalue weighted by Gasteiger charge is -2.07. The highest BCUT2D eigenvalue weighted by Gasteiger charge is 2.10. The second-order valence-corrected chi connectivity index (χ2v) is 4.40. The van der Waals surface area contributed by atoms with Crippen molar-refractivity contribution in [2.45, 2.75) is 6.92 Å². The number of aryl methyl sites for hydroxylation is 1. The zero-order chi connectivity index (χ0) is 13.1. The second-order valence-electron chi connectivity index (χ2n) is 3.62. The standard InChI is InChI=1S/C12H9Cl2N3O/c1-7-3-2-4-15-11(7)17-12(18)8-5-9(13)16-10(14)6-8/h2-6H,1H3,(H,15,17,18). The Hall–Kier alpha value is -1.65. The Morgan fingerprint density at radius 2 is 1.94 bits per heavy atom. The average Bonchev–Trinajstić information content (AvgIpc) is 2.31. The van der Waals surface area contributed by atoms with Crippen molar-refractivity contribution >= 4 is 34.9 Å². The van der Waals surface area contributed by atoms with Crippen molar-refractivity contribution < 1.29 is 4.79 Å². The number of anilines is 1. The molecule has 0 saturated carbocycles. The van der Waals surface area contributed by atoms with E-state index in [4.69, 9.17) is 23.2 Å². The topological polar surface area (TPSA) is 54.9 Å². The Morgan fingerprint density at radius 1 is 1.28 bits per heavy atom. The number of rotatable bonds is 2.